The first-order valence-corrected chi connectivity index (χ1v) is 6.12. The predicted molar refractivity (Wildman–Crippen MR) is 69.5 cm³/mol. The summed E-state index contributed by atoms with van der Waals surface area (Å²) in [4.78, 5) is 0. The molecule has 0 atom stereocenters. The molecule has 0 aliphatic rings. The van der Waals surface area contributed by atoms with Gasteiger partial charge in [-0.1, -0.05) is 0 Å². The van der Waals surface area contributed by atoms with E-state index < -0.39 is 0 Å². The number of nitrogens with one attached hydrogen (secondary N) is 1. The van der Waals surface area contributed by atoms with Crippen molar-refractivity contribution in [2.24, 2.45) is 7.05 Å². The van der Waals surface area contributed by atoms with E-state index in [1.807, 2.05) is 17.8 Å². The van der Waals surface area contributed by atoms with E-state index in [1.54, 1.807) is 18.3 Å². The molecule has 0 fully saturated rings. The third-order valence-electron chi connectivity index (χ3n) is 2.55. The average molecular weight is 298 g/mol. The predicted octanol–water partition coefficient (Wildman–Crippen LogP) is 2.98. The lowest BCUT2D eigenvalue weighted by atomic mass is 10.2. The highest BCUT2D eigenvalue weighted by atomic mass is 79.9. The van der Waals surface area contributed by atoms with Crippen LogP contribution < -0.4 is 5.32 Å². The molecule has 1 aromatic carbocycles. The van der Waals surface area contributed by atoms with E-state index in [2.05, 4.69) is 26.3 Å². The van der Waals surface area contributed by atoms with Gasteiger partial charge >= 0.3 is 0 Å². The average Bonchev–Trinajstić information content (AvgIpc) is 2.70. The lowest BCUT2D eigenvalue weighted by Crippen LogP contribution is -2.08. The zero-order valence-electron chi connectivity index (χ0n) is 9.45. The van der Waals surface area contributed by atoms with Crippen molar-refractivity contribution >= 4 is 21.6 Å². The van der Waals surface area contributed by atoms with Crippen LogP contribution in [0, 0.1) is 5.82 Å². The molecule has 0 spiro atoms. The van der Waals surface area contributed by atoms with Crippen molar-refractivity contribution in [1.82, 2.24) is 9.78 Å². The fourth-order valence-corrected chi connectivity index (χ4v) is 1.97. The largest absolute Gasteiger partial charge is 0.385 e. The number of aryl methyl sites for hydroxylation is 1. The minimum atomic E-state index is -0.248. The first-order chi connectivity index (χ1) is 8.16. The second-order valence-electron chi connectivity index (χ2n) is 3.75. The van der Waals surface area contributed by atoms with Crippen LogP contribution in [0.1, 0.15) is 5.69 Å². The van der Waals surface area contributed by atoms with Crippen molar-refractivity contribution in [3.63, 3.8) is 0 Å². The van der Waals surface area contributed by atoms with Crippen molar-refractivity contribution in [3.05, 3.63) is 46.4 Å². The number of hydrogen-bond donors (Lipinski definition) is 1. The van der Waals surface area contributed by atoms with E-state index in [1.165, 1.54) is 11.8 Å². The van der Waals surface area contributed by atoms with Crippen LogP contribution in [0.2, 0.25) is 0 Å². The van der Waals surface area contributed by atoms with Crippen LogP contribution in [0.3, 0.4) is 0 Å². The lowest BCUT2D eigenvalue weighted by molar-refractivity contribution is 0.621. The molecule has 90 valence electrons. The Hall–Kier alpha value is -1.36. The zero-order chi connectivity index (χ0) is 12.3. The van der Waals surface area contributed by atoms with Crippen LogP contribution in [-0.2, 0) is 13.5 Å². The van der Waals surface area contributed by atoms with Gasteiger partial charge in [0.15, 0.2) is 0 Å². The Balaban J connectivity index is 1.90. The molecule has 0 aliphatic heterocycles. The standard InChI is InChI=1S/C12H13BrFN3/c1-17-10(5-7-16-17)4-6-15-9-2-3-12(14)11(13)8-9/h2-3,5,7-8,15H,4,6H2,1H3. The third-order valence-corrected chi connectivity index (χ3v) is 3.16. The molecule has 0 saturated heterocycles. The van der Waals surface area contributed by atoms with E-state index >= 15 is 0 Å². The minimum Gasteiger partial charge on any atom is -0.385 e. The SMILES string of the molecule is Cn1nccc1CCNc1ccc(F)c(Br)c1. The van der Waals surface area contributed by atoms with E-state index in [0.717, 1.165) is 18.7 Å². The molecule has 2 aromatic rings. The Labute approximate surface area is 108 Å². The van der Waals surface area contributed by atoms with Gasteiger partial charge in [-0.25, -0.2) is 4.39 Å². The van der Waals surface area contributed by atoms with Crippen molar-refractivity contribution in [3.8, 4) is 0 Å². The molecule has 1 heterocycles. The van der Waals surface area contributed by atoms with Crippen molar-refractivity contribution < 1.29 is 4.39 Å². The highest BCUT2D eigenvalue weighted by molar-refractivity contribution is 9.10. The van der Waals surface area contributed by atoms with Crippen LogP contribution >= 0.6 is 15.9 Å². The van der Waals surface area contributed by atoms with Gasteiger partial charge in [-0.15, -0.1) is 0 Å². The third kappa shape index (κ3) is 3.06. The van der Waals surface area contributed by atoms with Crippen LogP contribution in [0.15, 0.2) is 34.9 Å². The number of halogens is 2. The number of anilines is 1. The van der Waals surface area contributed by atoms with Crippen LogP contribution in [0.25, 0.3) is 0 Å². The van der Waals surface area contributed by atoms with Crippen molar-refractivity contribution in [2.75, 3.05) is 11.9 Å². The fraction of sp³-hybridized carbons (Fsp3) is 0.250. The Kier molecular flexibility index (Phi) is 3.78. The normalized spacial score (nSPS) is 10.5. The highest BCUT2D eigenvalue weighted by Gasteiger charge is 2.01. The molecular formula is C12H13BrFN3. The number of benzene rings is 1. The second-order valence-corrected chi connectivity index (χ2v) is 4.61. The van der Waals surface area contributed by atoms with E-state index in [9.17, 15) is 4.39 Å². The van der Waals surface area contributed by atoms with Gasteiger partial charge in [0.2, 0.25) is 0 Å². The molecule has 2 rings (SSSR count). The molecule has 5 heteroatoms. The molecule has 0 amide bonds. The summed E-state index contributed by atoms with van der Waals surface area (Å²) in [5.41, 5.74) is 2.07. The topological polar surface area (TPSA) is 29.9 Å². The molecule has 17 heavy (non-hydrogen) atoms. The van der Waals surface area contributed by atoms with E-state index in [-0.39, 0.29) is 5.82 Å². The number of nitrogens with zero attached hydrogens (tertiary/aromatic N) is 2. The quantitative estimate of drug-likeness (QED) is 0.940. The Morgan fingerprint density at radius 1 is 1.41 bits per heavy atom. The Morgan fingerprint density at radius 3 is 2.88 bits per heavy atom. The summed E-state index contributed by atoms with van der Waals surface area (Å²) in [5, 5.41) is 7.34. The molecule has 0 saturated carbocycles. The summed E-state index contributed by atoms with van der Waals surface area (Å²) in [5.74, 6) is -0.248. The monoisotopic (exact) mass is 297 g/mol. The van der Waals surface area contributed by atoms with Gasteiger partial charge in [0.05, 0.1) is 4.47 Å². The van der Waals surface area contributed by atoms with Gasteiger partial charge in [-0.2, -0.15) is 5.10 Å². The summed E-state index contributed by atoms with van der Waals surface area (Å²) in [7, 11) is 1.92. The maximum absolute atomic E-state index is 13.0. The maximum atomic E-state index is 13.0. The summed E-state index contributed by atoms with van der Waals surface area (Å²) in [6, 6.07) is 6.89. The van der Waals surface area contributed by atoms with Gasteiger partial charge in [0, 0.05) is 37.6 Å². The Bertz CT molecular complexity index is 510. The van der Waals surface area contributed by atoms with Gasteiger partial charge in [0.1, 0.15) is 5.82 Å². The molecule has 3 nitrogen and oxygen atoms in total. The van der Waals surface area contributed by atoms with Crippen molar-refractivity contribution in [1.29, 1.82) is 0 Å². The van der Waals surface area contributed by atoms with Gasteiger partial charge in [-0.05, 0) is 40.2 Å². The number of rotatable bonds is 4. The Morgan fingerprint density at radius 2 is 2.24 bits per heavy atom. The van der Waals surface area contributed by atoms with Crippen LogP contribution in [0.5, 0.6) is 0 Å². The minimum absolute atomic E-state index is 0.248. The van der Waals surface area contributed by atoms with Crippen LogP contribution in [0.4, 0.5) is 10.1 Å². The molecule has 1 N–H and O–H groups in total. The highest BCUT2D eigenvalue weighted by Crippen LogP contribution is 2.19. The molecular weight excluding hydrogens is 285 g/mol. The lowest BCUT2D eigenvalue weighted by Gasteiger charge is -2.07. The van der Waals surface area contributed by atoms with E-state index in [0.29, 0.717) is 4.47 Å². The number of aromatic nitrogens is 2. The smallest absolute Gasteiger partial charge is 0.137 e. The zero-order valence-corrected chi connectivity index (χ0v) is 11.0. The van der Waals surface area contributed by atoms with E-state index in [4.69, 9.17) is 0 Å². The molecule has 1 aromatic heterocycles. The summed E-state index contributed by atoms with van der Waals surface area (Å²) in [6.07, 6.45) is 2.66. The maximum Gasteiger partial charge on any atom is 0.137 e. The van der Waals surface area contributed by atoms with Gasteiger partial charge in [-0.3, -0.25) is 4.68 Å². The summed E-state index contributed by atoms with van der Waals surface area (Å²) >= 11 is 3.16. The number of hydrogen-bond acceptors (Lipinski definition) is 2. The molecule has 0 radical (unpaired) electrons. The first kappa shape index (κ1) is 12.1. The van der Waals surface area contributed by atoms with Gasteiger partial charge in [0.25, 0.3) is 0 Å². The summed E-state index contributed by atoms with van der Waals surface area (Å²) < 4.78 is 15.3. The second kappa shape index (κ2) is 5.31. The molecule has 0 bridgehead atoms. The molecule has 0 aliphatic carbocycles. The first-order valence-electron chi connectivity index (χ1n) is 5.32. The molecule has 0 unspecified atom stereocenters. The van der Waals surface area contributed by atoms with Crippen molar-refractivity contribution in [2.45, 2.75) is 6.42 Å². The fourth-order valence-electron chi connectivity index (χ4n) is 1.59. The van der Waals surface area contributed by atoms with Gasteiger partial charge < -0.3 is 5.32 Å². The summed E-state index contributed by atoms with van der Waals surface area (Å²) in [6.45, 7) is 0.789. The van der Waals surface area contributed by atoms with Crippen LogP contribution in [-0.4, -0.2) is 16.3 Å².